The van der Waals surface area contributed by atoms with Crippen LogP contribution in [0, 0.1) is 0 Å². The van der Waals surface area contributed by atoms with Crippen LogP contribution in [-0.2, 0) is 14.3 Å². The number of rotatable bonds is 9. The van der Waals surface area contributed by atoms with Gasteiger partial charge in [0.15, 0.2) is 5.16 Å². The predicted octanol–water partition coefficient (Wildman–Crippen LogP) is 1.08. The molecule has 2 amide bonds. The monoisotopic (exact) mass is 377 g/mol. The summed E-state index contributed by atoms with van der Waals surface area (Å²) in [4.78, 5) is 35.7. The van der Waals surface area contributed by atoms with E-state index in [1.54, 1.807) is 18.5 Å². The number of carbonyl (C=O) groups is 2. The van der Waals surface area contributed by atoms with Crippen molar-refractivity contribution in [3.63, 3.8) is 0 Å². The molecule has 2 N–H and O–H groups in total. The van der Waals surface area contributed by atoms with Crippen LogP contribution >= 0.6 is 11.8 Å². The van der Waals surface area contributed by atoms with Crippen molar-refractivity contribution in [2.75, 3.05) is 32.7 Å². The molecule has 0 fully saturated rings. The van der Waals surface area contributed by atoms with Crippen molar-refractivity contribution in [2.45, 2.75) is 5.16 Å². The van der Waals surface area contributed by atoms with Gasteiger partial charge in [-0.25, -0.2) is 14.8 Å². The summed E-state index contributed by atoms with van der Waals surface area (Å²) >= 11 is 1.17. The fraction of sp³-hybridized carbons (Fsp3) is 0.312. The zero-order valence-electron chi connectivity index (χ0n) is 14.2. The summed E-state index contributed by atoms with van der Waals surface area (Å²) in [5, 5.41) is 5.43. The Morgan fingerprint density at radius 1 is 1.12 bits per heavy atom. The van der Waals surface area contributed by atoms with Gasteiger partial charge in [-0.2, -0.15) is 0 Å². The molecule has 0 spiro atoms. The number of methoxy groups -OCH3 is 1. The van der Waals surface area contributed by atoms with Crippen molar-refractivity contribution in [2.24, 2.45) is 0 Å². The first kappa shape index (κ1) is 19.6. The highest BCUT2D eigenvalue weighted by Crippen LogP contribution is 2.18. The number of esters is 1. The molecule has 26 heavy (non-hydrogen) atoms. The topological polar surface area (TPSA) is 115 Å². The standard InChI is InChI=1S/C16H19N5O4S/c1-24-11-20-15(23)18-8-9-25-14(22)10-26-16-19-7-5-13(21-16)12-4-2-3-6-17-12/h2-7H,8-11H2,1H3,(H2,18,20,23). The second-order valence-electron chi connectivity index (χ2n) is 4.81. The smallest absolute Gasteiger partial charge is 0.316 e. The molecule has 0 aromatic carbocycles. The van der Waals surface area contributed by atoms with E-state index in [2.05, 4.69) is 25.6 Å². The number of hydrogen-bond acceptors (Lipinski definition) is 8. The highest BCUT2D eigenvalue weighted by atomic mass is 32.2. The van der Waals surface area contributed by atoms with Crippen LogP contribution in [0.2, 0.25) is 0 Å². The van der Waals surface area contributed by atoms with Crippen molar-refractivity contribution in [1.29, 1.82) is 0 Å². The van der Waals surface area contributed by atoms with E-state index >= 15 is 0 Å². The summed E-state index contributed by atoms with van der Waals surface area (Å²) in [6, 6.07) is 6.91. The van der Waals surface area contributed by atoms with Crippen LogP contribution in [0.5, 0.6) is 0 Å². The summed E-state index contributed by atoms with van der Waals surface area (Å²) < 4.78 is 9.72. The van der Waals surface area contributed by atoms with Crippen LogP contribution in [0.4, 0.5) is 4.79 Å². The van der Waals surface area contributed by atoms with E-state index in [1.165, 1.54) is 18.9 Å². The van der Waals surface area contributed by atoms with E-state index in [1.807, 2.05) is 18.2 Å². The SMILES string of the molecule is COCNC(=O)NCCOC(=O)CSc1nccc(-c2ccccn2)n1. The molecule has 0 saturated heterocycles. The quantitative estimate of drug-likeness (QED) is 0.219. The largest absolute Gasteiger partial charge is 0.463 e. The lowest BCUT2D eigenvalue weighted by Crippen LogP contribution is -2.38. The molecule has 0 aliphatic rings. The van der Waals surface area contributed by atoms with E-state index in [0.29, 0.717) is 10.9 Å². The van der Waals surface area contributed by atoms with Gasteiger partial charge in [0.25, 0.3) is 0 Å². The fourth-order valence-electron chi connectivity index (χ4n) is 1.76. The Hall–Kier alpha value is -2.72. The van der Waals surface area contributed by atoms with E-state index in [-0.39, 0.29) is 25.6 Å². The Balaban J connectivity index is 1.70. The fourth-order valence-corrected chi connectivity index (χ4v) is 2.39. The summed E-state index contributed by atoms with van der Waals surface area (Å²) in [6.45, 7) is 0.395. The minimum absolute atomic E-state index is 0.0710. The molecule has 138 valence electrons. The Labute approximate surface area is 154 Å². The van der Waals surface area contributed by atoms with Gasteiger partial charge in [-0.15, -0.1) is 0 Å². The van der Waals surface area contributed by atoms with Gasteiger partial charge in [0, 0.05) is 19.5 Å². The predicted molar refractivity (Wildman–Crippen MR) is 95.4 cm³/mol. The van der Waals surface area contributed by atoms with Gasteiger partial charge < -0.3 is 20.1 Å². The van der Waals surface area contributed by atoms with Crippen molar-refractivity contribution >= 4 is 23.8 Å². The van der Waals surface area contributed by atoms with Crippen molar-refractivity contribution in [3.05, 3.63) is 36.7 Å². The summed E-state index contributed by atoms with van der Waals surface area (Å²) in [7, 11) is 1.47. The molecule has 0 aliphatic carbocycles. The van der Waals surface area contributed by atoms with Crippen molar-refractivity contribution in [3.8, 4) is 11.4 Å². The number of hydrogen-bond donors (Lipinski definition) is 2. The molecule has 10 heteroatoms. The number of nitrogens with one attached hydrogen (secondary N) is 2. The molecule has 0 aliphatic heterocycles. The number of pyridine rings is 1. The molecule has 2 rings (SSSR count). The average Bonchev–Trinajstić information content (AvgIpc) is 2.69. The Kier molecular flexibility index (Phi) is 8.30. The lowest BCUT2D eigenvalue weighted by atomic mass is 10.3. The molecule has 0 saturated carbocycles. The van der Waals surface area contributed by atoms with Gasteiger partial charge >= 0.3 is 12.0 Å². The molecule has 2 aromatic heterocycles. The summed E-state index contributed by atoms with van der Waals surface area (Å²) in [6.07, 6.45) is 3.30. The Bertz CT molecular complexity index is 717. The molecule has 0 bridgehead atoms. The number of carbonyl (C=O) groups excluding carboxylic acids is 2. The van der Waals surface area contributed by atoms with Gasteiger partial charge in [0.1, 0.15) is 13.3 Å². The first-order valence-corrected chi connectivity index (χ1v) is 8.71. The lowest BCUT2D eigenvalue weighted by molar-refractivity contribution is -0.140. The van der Waals surface area contributed by atoms with Crippen LogP contribution in [0.15, 0.2) is 41.8 Å². The number of ether oxygens (including phenoxy) is 2. The van der Waals surface area contributed by atoms with Gasteiger partial charge in [-0.1, -0.05) is 17.8 Å². The van der Waals surface area contributed by atoms with E-state index in [0.717, 1.165) is 5.69 Å². The maximum Gasteiger partial charge on any atom is 0.316 e. The maximum absolute atomic E-state index is 11.7. The summed E-state index contributed by atoms with van der Waals surface area (Å²) in [5.74, 6) is -0.345. The van der Waals surface area contributed by atoms with Crippen LogP contribution in [0.25, 0.3) is 11.4 Å². The molecule has 0 unspecified atom stereocenters. The average molecular weight is 377 g/mol. The third-order valence-corrected chi connectivity index (χ3v) is 3.74. The van der Waals surface area contributed by atoms with Crippen LogP contribution in [-0.4, -0.2) is 59.7 Å². The van der Waals surface area contributed by atoms with Gasteiger partial charge in [-0.05, 0) is 18.2 Å². The van der Waals surface area contributed by atoms with Gasteiger partial charge in [0.05, 0.1) is 23.7 Å². The van der Waals surface area contributed by atoms with Gasteiger partial charge in [0.2, 0.25) is 0 Å². The highest BCUT2D eigenvalue weighted by molar-refractivity contribution is 7.99. The second kappa shape index (κ2) is 11.0. The van der Waals surface area contributed by atoms with E-state index < -0.39 is 12.0 Å². The van der Waals surface area contributed by atoms with Crippen LogP contribution < -0.4 is 10.6 Å². The lowest BCUT2D eigenvalue weighted by Gasteiger charge is -2.07. The first-order valence-electron chi connectivity index (χ1n) is 7.72. The highest BCUT2D eigenvalue weighted by Gasteiger charge is 2.08. The number of amides is 2. The minimum atomic E-state index is -0.416. The molecule has 0 radical (unpaired) electrons. The molecule has 2 heterocycles. The Morgan fingerprint density at radius 2 is 2.00 bits per heavy atom. The second-order valence-corrected chi connectivity index (χ2v) is 5.76. The van der Waals surface area contributed by atoms with Crippen LogP contribution in [0.1, 0.15) is 0 Å². The van der Waals surface area contributed by atoms with Crippen molar-refractivity contribution < 1.29 is 19.1 Å². The molecule has 2 aromatic rings. The molecule has 0 atom stereocenters. The third kappa shape index (κ3) is 7.03. The minimum Gasteiger partial charge on any atom is -0.463 e. The molecular weight excluding hydrogens is 358 g/mol. The molecular formula is C16H19N5O4S. The van der Waals surface area contributed by atoms with E-state index in [4.69, 9.17) is 9.47 Å². The number of nitrogens with zero attached hydrogens (tertiary/aromatic N) is 3. The first-order chi connectivity index (χ1) is 12.7. The number of thioether (sulfide) groups is 1. The molecule has 9 nitrogen and oxygen atoms in total. The summed E-state index contributed by atoms with van der Waals surface area (Å²) in [5.41, 5.74) is 1.42. The Morgan fingerprint density at radius 3 is 2.77 bits per heavy atom. The third-order valence-electron chi connectivity index (χ3n) is 2.91. The van der Waals surface area contributed by atoms with Crippen LogP contribution in [0.3, 0.4) is 0 Å². The maximum atomic E-state index is 11.7. The van der Waals surface area contributed by atoms with E-state index in [9.17, 15) is 9.59 Å². The zero-order valence-corrected chi connectivity index (χ0v) is 15.0. The zero-order chi connectivity index (χ0) is 18.6. The number of aromatic nitrogens is 3. The van der Waals surface area contributed by atoms with Gasteiger partial charge in [-0.3, -0.25) is 9.78 Å². The van der Waals surface area contributed by atoms with Crippen molar-refractivity contribution in [1.82, 2.24) is 25.6 Å². The normalized spacial score (nSPS) is 10.2. The number of urea groups is 1.